The quantitative estimate of drug-likeness (QED) is 0.866. The molecule has 0 saturated carbocycles. The summed E-state index contributed by atoms with van der Waals surface area (Å²) in [6.45, 7) is 10.6. The molecule has 0 radical (unpaired) electrons. The highest BCUT2D eigenvalue weighted by Gasteiger charge is 2.22. The zero-order chi connectivity index (χ0) is 15.3. The molecule has 0 amide bonds. The van der Waals surface area contributed by atoms with Crippen molar-refractivity contribution in [3.63, 3.8) is 0 Å². The highest BCUT2D eigenvalue weighted by molar-refractivity contribution is 5.92. The third-order valence-corrected chi connectivity index (χ3v) is 3.12. The SMILES string of the molecule is CCc1nnc(OCCC(C)(C)C)c(C(=O)O)c1CC. The lowest BCUT2D eigenvalue weighted by molar-refractivity contribution is 0.0688. The van der Waals surface area contributed by atoms with Gasteiger partial charge in [0.1, 0.15) is 5.56 Å². The molecule has 0 atom stereocenters. The monoisotopic (exact) mass is 280 g/mol. The highest BCUT2D eigenvalue weighted by Crippen LogP contribution is 2.24. The van der Waals surface area contributed by atoms with E-state index in [0.717, 1.165) is 17.7 Å². The van der Waals surface area contributed by atoms with Gasteiger partial charge in [-0.25, -0.2) is 4.79 Å². The Morgan fingerprint density at radius 2 is 1.85 bits per heavy atom. The van der Waals surface area contributed by atoms with Gasteiger partial charge in [-0.1, -0.05) is 34.6 Å². The summed E-state index contributed by atoms with van der Waals surface area (Å²) < 4.78 is 5.56. The molecule has 1 aromatic heterocycles. The van der Waals surface area contributed by atoms with Crippen LogP contribution in [0.3, 0.4) is 0 Å². The Hall–Kier alpha value is -1.65. The summed E-state index contributed by atoms with van der Waals surface area (Å²) in [4.78, 5) is 11.5. The molecule has 1 rings (SSSR count). The molecule has 0 aliphatic heterocycles. The molecule has 5 heteroatoms. The first kappa shape index (κ1) is 16.4. The summed E-state index contributed by atoms with van der Waals surface area (Å²) in [6, 6.07) is 0. The molecule has 0 aliphatic carbocycles. The fraction of sp³-hybridized carbons (Fsp3) is 0.667. The van der Waals surface area contributed by atoms with Crippen LogP contribution in [0.25, 0.3) is 0 Å². The number of hydrogen-bond donors (Lipinski definition) is 1. The standard InChI is InChI=1S/C15H24N2O3/c1-6-10-11(7-2)16-17-13(12(10)14(18)19)20-9-8-15(3,4)5/h6-9H2,1-5H3,(H,18,19). The van der Waals surface area contributed by atoms with Gasteiger partial charge in [-0.3, -0.25) is 0 Å². The zero-order valence-corrected chi connectivity index (χ0v) is 13.0. The second-order valence-corrected chi connectivity index (χ2v) is 5.98. The van der Waals surface area contributed by atoms with Crippen molar-refractivity contribution in [1.82, 2.24) is 10.2 Å². The van der Waals surface area contributed by atoms with E-state index in [4.69, 9.17) is 4.74 Å². The topological polar surface area (TPSA) is 72.3 Å². The minimum atomic E-state index is -1.00. The number of aromatic carboxylic acids is 1. The lowest BCUT2D eigenvalue weighted by atomic mass is 9.93. The van der Waals surface area contributed by atoms with Crippen molar-refractivity contribution in [2.24, 2.45) is 5.41 Å². The second kappa shape index (κ2) is 6.68. The van der Waals surface area contributed by atoms with Crippen molar-refractivity contribution in [2.45, 2.75) is 53.9 Å². The smallest absolute Gasteiger partial charge is 0.341 e. The predicted octanol–water partition coefficient (Wildman–Crippen LogP) is 3.11. The molecule has 1 N–H and O–H groups in total. The van der Waals surface area contributed by atoms with Gasteiger partial charge in [-0.05, 0) is 30.2 Å². The van der Waals surface area contributed by atoms with Gasteiger partial charge < -0.3 is 9.84 Å². The normalized spacial score (nSPS) is 11.4. The van der Waals surface area contributed by atoms with Crippen LogP contribution in [0.5, 0.6) is 5.88 Å². The van der Waals surface area contributed by atoms with E-state index in [1.54, 1.807) is 0 Å². The van der Waals surface area contributed by atoms with E-state index >= 15 is 0 Å². The van der Waals surface area contributed by atoms with Crippen LogP contribution < -0.4 is 4.74 Å². The third kappa shape index (κ3) is 4.18. The first-order valence-corrected chi connectivity index (χ1v) is 7.04. The third-order valence-electron chi connectivity index (χ3n) is 3.12. The summed E-state index contributed by atoms with van der Waals surface area (Å²) >= 11 is 0. The largest absolute Gasteiger partial charge is 0.477 e. The maximum Gasteiger partial charge on any atom is 0.341 e. The van der Waals surface area contributed by atoms with Gasteiger partial charge in [0.2, 0.25) is 5.88 Å². The van der Waals surface area contributed by atoms with Gasteiger partial charge in [0, 0.05) is 0 Å². The van der Waals surface area contributed by atoms with Crippen LogP contribution in [0.4, 0.5) is 0 Å². The number of carboxylic acid groups (broad SMARTS) is 1. The maximum atomic E-state index is 11.5. The van der Waals surface area contributed by atoms with Crippen molar-refractivity contribution < 1.29 is 14.6 Å². The number of carbonyl (C=O) groups is 1. The Balaban J connectivity index is 3.04. The van der Waals surface area contributed by atoms with Gasteiger partial charge in [0.05, 0.1) is 12.3 Å². The molecule has 112 valence electrons. The number of aryl methyl sites for hydroxylation is 1. The van der Waals surface area contributed by atoms with E-state index in [1.165, 1.54) is 0 Å². The fourth-order valence-corrected chi connectivity index (χ4v) is 1.93. The van der Waals surface area contributed by atoms with Gasteiger partial charge in [0.25, 0.3) is 0 Å². The molecule has 5 nitrogen and oxygen atoms in total. The van der Waals surface area contributed by atoms with Crippen molar-refractivity contribution in [3.8, 4) is 5.88 Å². The summed E-state index contributed by atoms with van der Waals surface area (Å²) in [5.74, 6) is -0.868. The van der Waals surface area contributed by atoms with Crippen LogP contribution in [0.1, 0.15) is 62.7 Å². The lowest BCUT2D eigenvalue weighted by Gasteiger charge is -2.18. The number of carboxylic acids is 1. The predicted molar refractivity (Wildman–Crippen MR) is 77.3 cm³/mol. The fourth-order valence-electron chi connectivity index (χ4n) is 1.93. The van der Waals surface area contributed by atoms with E-state index in [9.17, 15) is 9.90 Å². The van der Waals surface area contributed by atoms with Crippen LogP contribution in [0.2, 0.25) is 0 Å². The molecule has 0 bridgehead atoms. The number of rotatable bonds is 6. The molecule has 0 saturated heterocycles. The lowest BCUT2D eigenvalue weighted by Crippen LogP contribution is -2.16. The van der Waals surface area contributed by atoms with E-state index in [1.807, 2.05) is 13.8 Å². The Kier molecular flexibility index (Phi) is 5.48. The van der Waals surface area contributed by atoms with Crippen molar-refractivity contribution in [3.05, 3.63) is 16.8 Å². The Bertz CT molecular complexity index is 479. The Morgan fingerprint density at radius 3 is 2.30 bits per heavy atom. The van der Waals surface area contributed by atoms with Gasteiger partial charge in [-0.2, -0.15) is 5.10 Å². The van der Waals surface area contributed by atoms with Gasteiger partial charge in [-0.15, -0.1) is 5.10 Å². The summed E-state index contributed by atoms with van der Waals surface area (Å²) in [7, 11) is 0. The van der Waals surface area contributed by atoms with Crippen LogP contribution >= 0.6 is 0 Å². The molecule has 20 heavy (non-hydrogen) atoms. The minimum Gasteiger partial charge on any atom is -0.477 e. The van der Waals surface area contributed by atoms with E-state index in [2.05, 4.69) is 31.0 Å². The molecule has 0 fully saturated rings. The average molecular weight is 280 g/mol. The summed E-state index contributed by atoms with van der Waals surface area (Å²) in [5, 5.41) is 17.4. The van der Waals surface area contributed by atoms with Crippen molar-refractivity contribution in [2.75, 3.05) is 6.61 Å². The molecule has 1 heterocycles. The van der Waals surface area contributed by atoms with E-state index < -0.39 is 5.97 Å². The summed E-state index contributed by atoms with van der Waals surface area (Å²) in [6.07, 6.45) is 2.10. The molecular formula is C15H24N2O3. The number of ether oxygens (including phenoxy) is 1. The van der Waals surface area contributed by atoms with Crippen LogP contribution in [0.15, 0.2) is 0 Å². The molecule has 1 aromatic rings. The molecule has 0 spiro atoms. The van der Waals surface area contributed by atoms with Gasteiger partial charge in [0.15, 0.2) is 0 Å². The van der Waals surface area contributed by atoms with Crippen LogP contribution in [-0.2, 0) is 12.8 Å². The van der Waals surface area contributed by atoms with Gasteiger partial charge >= 0.3 is 5.97 Å². The highest BCUT2D eigenvalue weighted by atomic mass is 16.5. The van der Waals surface area contributed by atoms with Crippen molar-refractivity contribution in [1.29, 1.82) is 0 Å². The maximum absolute atomic E-state index is 11.5. The molecule has 0 unspecified atom stereocenters. The van der Waals surface area contributed by atoms with Crippen molar-refractivity contribution >= 4 is 5.97 Å². The first-order valence-electron chi connectivity index (χ1n) is 7.04. The molecular weight excluding hydrogens is 256 g/mol. The first-order chi connectivity index (χ1) is 9.30. The minimum absolute atomic E-state index is 0.133. The van der Waals surface area contributed by atoms with Crippen LogP contribution in [0, 0.1) is 5.41 Å². The average Bonchev–Trinajstić information content (AvgIpc) is 2.35. The Labute approximate surface area is 120 Å². The molecule has 0 aromatic carbocycles. The van der Waals surface area contributed by atoms with Crippen LogP contribution in [-0.4, -0.2) is 27.9 Å². The second-order valence-electron chi connectivity index (χ2n) is 5.98. The summed E-state index contributed by atoms with van der Waals surface area (Å²) in [5.41, 5.74) is 1.75. The number of hydrogen-bond acceptors (Lipinski definition) is 4. The Morgan fingerprint density at radius 1 is 1.20 bits per heavy atom. The number of nitrogens with zero attached hydrogens (tertiary/aromatic N) is 2. The van der Waals surface area contributed by atoms with E-state index in [-0.39, 0.29) is 16.9 Å². The number of aromatic nitrogens is 2. The molecule has 0 aliphatic rings. The zero-order valence-electron chi connectivity index (χ0n) is 13.0. The van der Waals surface area contributed by atoms with E-state index in [0.29, 0.717) is 19.4 Å².